The molecule has 0 fully saturated rings. The van der Waals surface area contributed by atoms with Gasteiger partial charge in [-0.2, -0.15) is 13.5 Å². The van der Waals surface area contributed by atoms with Gasteiger partial charge in [-0.3, -0.25) is 0 Å². The molecule has 0 aliphatic carbocycles. The van der Waals surface area contributed by atoms with Crippen molar-refractivity contribution in [3.63, 3.8) is 0 Å². The maximum absolute atomic E-state index is 9.56. The molecule has 0 heterocycles. The molecule has 0 bridgehead atoms. The van der Waals surface area contributed by atoms with E-state index in [0.717, 1.165) is 25.5 Å². The number of carbonyl (C=O) groups excluding carboxylic acids is 1. The first kappa shape index (κ1) is 22.5. The van der Waals surface area contributed by atoms with Crippen LogP contribution in [0.5, 0.6) is 0 Å². The Morgan fingerprint density at radius 2 is 1.78 bits per heavy atom. The minimum absolute atomic E-state index is 0. The molecule has 1 nitrogen and oxygen atoms in total. The van der Waals surface area contributed by atoms with Crippen LogP contribution in [0.3, 0.4) is 0 Å². The first-order chi connectivity index (χ1) is 2.91. The monoisotopic (exact) mass is 168 g/mol. The summed E-state index contributed by atoms with van der Waals surface area (Å²) in [5, 5.41) is 0. The summed E-state index contributed by atoms with van der Waals surface area (Å²) in [5.41, 5.74) is 0. The van der Waals surface area contributed by atoms with Gasteiger partial charge in [-0.05, 0) is 6.42 Å². The van der Waals surface area contributed by atoms with Gasteiger partial charge in [-0.25, -0.2) is 0 Å². The minimum atomic E-state index is 0. The predicted molar refractivity (Wildman–Crippen MR) is 50.3 cm³/mol. The standard InChI is InChI=1S/C5H10O.2Na.H2S.2H/c1-2-3-4-5-6;;;;;/h5H,2-4H2,1H3;;;1H2;;. The van der Waals surface area contributed by atoms with E-state index in [1.165, 1.54) is 0 Å². The molecule has 4 heteroatoms. The summed E-state index contributed by atoms with van der Waals surface area (Å²) in [6.07, 6.45) is 3.86. The fourth-order valence-electron chi connectivity index (χ4n) is 0.287. The van der Waals surface area contributed by atoms with Crippen LogP contribution in [-0.4, -0.2) is 65.4 Å². The number of hydrogen-bond donors (Lipinski definition) is 0. The normalized spacial score (nSPS) is 5.44. The zero-order valence-corrected chi connectivity index (χ0v) is 5.61. The first-order valence-corrected chi connectivity index (χ1v) is 2.35. The second kappa shape index (κ2) is 22.5. The van der Waals surface area contributed by atoms with Gasteiger partial charge in [0.1, 0.15) is 6.29 Å². The van der Waals surface area contributed by atoms with Crippen molar-refractivity contribution in [3.8, 4) is 0 Å². The number of aldehydes is 1. The Morgan fingerprint density at radius 1 is 1.33 bits per heavy atom. The first-order valence-electron chi connectivity index (χ1n) is 2.35. The van der Waals surface area contributed by atoms with Gasteiger partial charge < -0.3 is 4.79 Å². The Kier molecular flexibility index (Phi) is 56.1. The third-order valence-electron chi connectivity index (χ3n) is 0.676. The van der Waals surface area contributed by atoms with E-state index in [-0.39, 0.29) is 72.6 Å². The molecule has 9 heavy (non-hydrogen) atoms. The Balaban J connectivity index is -0.0000000417. The molecule has 0 atom stereocenters. The molecule has 0 saturated heterocycles. The average Bonchev–Trinajstić information content (AvgIpc) is 1.61. The quantitative estimate of drug-likeness (QED) is 0.334. The summed E-state index contributed by atoms with van der Waals surface area (Å²) in [6, 6.07) is 0. The van der Waals surface area contributed by atoms with Gasteiger partial charge in [0.25, 0.3) is 0 Å². The SMILES string of the molecule is CCCCC=O.S.[NaH].[NaH]. The Labute approximate surface area is 108 Å². The second-order valence-corrected chi connectivity index (χ2v) is 1.31. The van der Waals surface area contributed by atoms with E-state index >= 15 is 0 Å². The van der Waals surface area contributed by atoms with Crippen LogP contribution in [0.2, 0.25) is 0 Å². The van der Waals surface area contributed by atoms with Crippen LogP contribution >= 0.6 is 13.5 Å². The summed E-state index contributed by atoms with van der Waals surface area (Å²) in [5.74, 6) is 0. The molecule has 0 aliphatic heterocycles. The van der Waals surface area contributed by atoms with E-state index in [9.17, 15) is 4.79 Å². The van der Waals surface area contributed by atoms with Gasteiger partial charge in [0, 0.05) is 6.42 Å². The van der Waals surface area contributed by atoms with E-state index in [4.69, 9.17) is 0 Å². The molecular formula is C5H14Na2OS. The van der Waals surface area contributed by atoms with E-state index in [1.54, 1.807) is 0 Å². The van der Waals surface area contributed by atoms with Gasteiger partial charge in [-0.1, -0.05) is 13.3 Å². The Bertz CT molecular complexity index is 43.9. The average molecular weight is 168 g/mol. The molecule has 0 amide bonds. The van der Waals surface area contributed by atoms with Crippen molar-refractivity contribution in [2.24, 2.45) is 0 Å². The van der Waals surface area contributed by atoms with Gasteiger partial charge in [0.2, 0.25) is 0 Å². The van der Waals surface area contributed by atoms with Crippen molar-refractivity contribution < 1.29 is 4.79 Å². The summed E-state index contributed by atoms with van der Waals surface area (Å²) < 4.78 is 0. The van der Waals surface area contributed by atoms with Crippen LogP contribution in [-0.2, 0) is 4.79 Å². The van der Waals surface area contributed by atoms with Crippen molar-refractivity contribution in [2.75, 3.05) is 0 Å². The van der Waals surface area contributed by atoms with Crippen molar-refractivity contribution in [3.05, 3.63) is 0 Å². The Morgan fingerprint density at radius 3 is 1.89 bits per heavy atom. The van der Waals surface area contributed by atoms with Crippen LogP contribution in [0, 0.1) is 0 Å². The molecule has 0 rings (SSSR count). The van der Waals surface area contributed by atoms with Crippen molar-refractivity contribution in [2.45, 2.75) is 26.2 Å². The van der Waals surface area contributed by atoms with Crippen LogP contribution in [0.15, 0.2) is 0 Å². The van der Waals surface area contributed by atoms with Crippen molar-refractivity contribution >= 4 is 78.9 Å². The zero-order valence-electron chi connectivity index (χ0n) is 4.61. The molecule has 0 aromatic carbocycles. The topological polar surface area (TPSA) is 17.1 Å². The number of rotatable bonds is 3. The van der Waals surface area contributed by atoms with Crippen LogP contribution in [0.25, 0.3) is 0 Å². The van der Waals surface area contributed by atoms with Gasteiger partial charge in [0.05, 0.1) is 0 Å². The van der Waals surface area contributed by atoms with Gasteiger partial charge >= 0.3 is 59.1 Å². The molecule has 0 unspecified atom stereocenters. The van der Waals surface area contributed by atoms with Crippen LogP contribution < -0.4 is 0 Å². The van der Waals surface area contributed by atoms with Gasteiger partial charge in [-0.15, -0.1) is 0 Å². The van der Waals surface area contributed by atoms with Gasteiger partial charge in [0.15, 0.2) is 0 Å². The molecule has 0 aromatic rings. The molecule has 0 N–H and O–H groups in total. The van der Waals surface area contributed by atoms with Crippen LogP contribution in [0.1, 0.15) is 26.2 Å². The molecule has 0 radical (unpaired) electrons. The third kappa shape index (κ3) is 25.6. The maximum atomic E-state index is 9.56. The van der Waals surface area contributed by atoms with E-state index in [0.29, 0.717) is 0 Å². The van der Waals surface area contributed by atoms with Crippen molar-refractivity contribution in [1.29, 1.82) is 0 Å². The fraction of sp³-hybridized carbons (Fsp3) is 0.800. The summed E-state index contributed by atoms with van der Waals surface area (Å²) in [4.78, 5) is 9.56. The summed E-state index contributed by atoms with van der Waals surface area (Å²) >= 11 is 0. The molecular weight excluding hydrogens is 154 g/mol. The second-order valence-electron chi connectivity index (χ2n) is 1.31. The molecule has 0 saturated carbocycles. The predicted octanol–water partition coefficient (Wildman–Crippen LogP) is 0.191. The molecule has 48 valence electrons. The fourth-order valence-corrected chi connectivity index (χ4v) is 0.287. The van der Waals surface area contributed by atoms with E-state index < -0.39 is 0 Å². The third-order valence-corrected chi connectivity index (χ3v) is 0.676. The number of carbonyl (C=O) groups is 1. The molecule has 0 aromatic heterocycles. The molecule has 0 aliphatic rings. The zero-order chi connectivity index (χ0) is 4.83. The summed E-state index contributed by atoms with van der Waals surface area (Å²) in [7, 11) is 0. The molecule has 0 spiro atoms. The van der Waals surface area contributed by atoms with Crippen molar-refractivity contribution in [1.82, 2.24) is 0 Å². The Hall–Kier alpha value is 2.02. The summed E-state index contributed by atoms with van der Waals surface area (Å²) in [6.45, 7) is 2.07. The number of unbranched alkanes of at least 4 members (excludes halogenated alkanes) is 2. The van der Waals surface area contributed by atoms with E-state index in [1.807, 2.05) is 0 Å². The number of hydrogen-bond acceptors (Lipinski definition) is 1. The van der Waals surface area contributed by atoms with E-state index in [2.05, 4.69) is 6.92 Å². The van der Waals surface area contributed by atoms with Crippen LogP contribution in [0.4, 0.5) is 0 Å².